The minimum absolute atomic E-state index is 0.104. The second kappa shape index (κ2) is 6.32. The summed E-state index contributed by atoms with van der Waals surface area (Å²) in [6, 6.07) is 17.3. The van der Waals surface area contributed by atoms with E-state index in [-0.39, 0.29) is 11.7 Å². The Kier molecular flexibility index (Phi) is 3.98. The number of carbonyl (C=O) groups is 1. The first-order valence-corrected chi connectivity index (χ1v) is 8.92. The fourth-order valence-corrected chi connectivity index (χ4v) is 4.02. The molecule has 2 aliphatic rings. The molecular formula is C22H18N2O2. The molecule has 1 aliphatic carbocycles. The van der Waals surface area contributed by atoms with Crippen LogP contribution in [-0.2, 0) is 0 Å². The average molecular weight is 342 g/mol. The Morgan fingerprint density at radius 3 is 2.42 bits per heavy atom. The summed E-state index contributed by atoms with van der Waals surface area (Å²) >= 11 is 0. The summed E-state index contributed by atoms with van der Waals surface area (Å²) in [6.07, 6.45) is 3.73. The van der Waals surface area contributed by atoms with Crippen LogP contribution in [-0.4, -0.2) is 11.4 Å². The van der Waals surface area contributed by atoms with Crippen LogP contribution >= 0.6 is 0 Å². The first-order chi connectivity index (χ1) is 12.7. The fourth-order valence-electron chi connectivity index (χ4n) is 4.02. The molecule has 0 aromatic heterocycles. The van der Waals surface area contributed by atoms with E-state index in [4.69, 9.17) is 15.3 Å². The van der Waals surface area contributed by atoms with Gasteiger partial charge >= 0.3 is 0 Å². The Bertz CT molecular complexity index is 944. The van der Waals surface area contributed by atoms with Crippen molar-refractivity contribution in [3.05, 3.63) is 53.6 Å². The van der Waals surface area contributed by atoms with E-state index in [1.165, 1.54) is 0 Å². The molecule has 0 amide bonds. The number of rotatable bonds is 3. The predicted octanol–water partition coefficient (Wildman–Crippen LogP) is 4.64. The number of hydrogen-bond donors (Lipinski definition) is 0. The van der Waals surface area contributed by atoms with E-state index in [2.05, 4.69) is 12.1 Å². The lowest BCUT2D eigenvalue weighted by molar-refractivity contribution is -0.0584. The second-order valence-electron chi connectivity index (χ2n) is 7.03. The van der Waals surface area contributed by atoms with E-state index in [1.807, 2.05) is 30.3 Å². The van der Waals surface area contributed by atoms with Crippen molar-refractivity contribution in [2.45, 2.75) is 37.7 Å². The van der Waals surface area contributed by atoms with Gasteiger partial charge in [-0.3, -0.25) is 4.79 Å². The maximum Gasteiger partial charge on any atom is 0.173 e. The zero-order valence-corrected chi connectivity index (χ0v) is 14.4. The van der Waals surface area contributed by atoms with E-state index >= 15 is 0 Å². The van der Waals surface area contributed by atoms with Crippen molar-refractivity contribution < 1.29 is 9.53 Å². The SMILES string of the molecule is N#CCCC1C(=O)c2ccc(-c3ccc(C#N)cc3)cc2OC12CCC2. The van der Waals surface area contributed by atoms with Crippen LogP contribution in [0.2, 0.25) is 0 Å². The van der Waals surface area contributed by atoms with Gasteiger partial charge in [0.25, 0.3) is 0 Å². The summed E-state index contributed by atoms with van der Waals surface area (Å²) in [6.45, 7) is 0. The summed E-state index contributed by atoms with van der Waals surface area (Å²) in [4.78, 5) is 13.0. The molecule has 4 rings (SSSR count). The summed E-state index contributed by atoms with van der Waals surface area (Å²) in [5, 5.41) is 17.9. The fraction of sp³-hybridized carbons (Fsp3) is 0.318. The van der Waals surface area contributed by atoms with E-state index in [0.29, 0.717) is 29.7 Å². The van der Waals surface area contributed by atoms with E-state index in [1.54, 1.807) is 12.1 Å². The van der Waals surface area contributed by atoms with Crippen LogP contribution in [0.25, 0.3) is 11.1 Å². The number of fused-ring (bicyclic) bond motifs is 1. The molecule has 0 bridgehead atoms. The molecule has 4 nitrogen and oxygen atoms in total. The zero-order valence-electron chi connectivity index (χ0n) is 14.4. The van der Waals surface area contributed by atoms with E-state index in [0.717, 1.165) is 30.4 Å². The van der Waals surface area contributed by atoms with Crippen LogP contribution in [0.4, 0.5) is 0 Å². The highest BCUT2D eigenvalue weighted by Gasteiger charge is 2.52. The molecule has 0 radical (unpaired) electrons. The van der Waals surface area contributed by atoms with Crippen molar-refractivity contribution in [1.82, 2.24) is 0 Å². The highest BCUT2D eigenvalue weighted by Crippen LogP contribution is 2.50. The van der Waals surface area contributed by atoms with Crippen LogP contribution in [0.1, 0.15) is 48.0 Å². The van der Waals surface area contributed by atoms with Crippen molar-refractivity contribution in [2.75, 3.05) is 0 Å². The average Bonchev–Trinajstić information content (AvgIpc) is 2.65. The van der Waals surface area contributed by atoms with Crippen LogP contribution in [0, 0.1) is 28.6 Å². The molecule has 1 aliphatic heterocycles. The number of nitrogens with zero attached hydrogens (tertiary/aromatic N) is 2. The Labute approximate surface area is 152 Å². The maximum atomic E-state index is 13.0. The number of ketones is 1. The summed E-state index contributed by atoms with van der Waals surface area (Å²) < 4.78 is 6.36. The number of hydrogen-bond acceptors (Lipinski definition) is 4. The molecule has 2 aromatic carbocycles. The van der Waals surface area contributed by atoms with Gasteiger partial charge in [0.05, 0.1) is 29.2 Å². The zero-order chi connectivity index (χ0) is 18.1. The smallest absolute Gasteiger partial charge is 0.173 e. The van der Waals surface area contributed by atoms with Crippen molar-refractivity contribution in [3.63, 3.8) is 0 Å². The summed E-state index contributed by atoms with van der Waals surface area (Å²) in [5.74, 6) is 0.529. The second-order valence-corrected chi connectivity index (χ2v) is 7.03. The quantitative estimate of drug-likeness (QED) is 0.814. The normalized spacial score (nSPS) is 19.6. The summed E-state index contributed by atoms with van der Waals surface area (Å²) in [5.41, 5.74) is 2.75. The molecule has 1 fully saturated rings. The van der Waals surface area contributed by atoms with Crippen molar-refractivity contribution >= 4 is 5.78 Å². The molecule has 128 valence electrons. The van der Waals surface area contributed by atoms with Gasteiger partial charge in [-0.1, -0.05) is 18.2 Å². The van der Waals surface area contributed by atoms with Gasteiger partial charge in [0, 0.05) is 6.42 Å². The number of ether oxygens (including phenoxy) is 1. The molecule has 1 spiro atoms. The third-order valence-electron chi connectivity index (χ3n) is 5.60. The number of nitriles is 2. The third-order valence-corrected chi connectivity index (χ3v) is 5.60. The lowest BCUT2D eigenvalue weighted by atomic mass is 9.65. The molecule has 4 heteroatoms. The van der Waals surface area contributed by atoms with Gasteiger partial charge in [0.1, 0.15) is 11.4 Å². The molecule has 0 saturated heterocycles. The van der Waals surface area contributed by atoms with Gasteiger partial charge in [0.15, 0.2) is 5.78 Å². The predicted molar refractivity (Wildman–Crippen MR) is 96.5 cm³/mol. The van der Waals surface area contributed by atoms with Crippen molar-refractivity contribution in [2.24, 2.45) is 5.92 Å². The van der Waals surface area contributed by atoms with E-state index < -0.39 is 5.60 Å². The van der Waals surface area contributed by atoms with E-state index in [9.17, 15) is 4.79 Å². The Balaban J connectivity index is 1.70. The molecule has 0 N–H and O–H groups in total. The molecule has 26 heavy (non-hydrogen) atoms. The monoisotopic (exact) mass is 342 g/mol. The Hall–Kier alpha value is -3.11. The molecule has 1 unspecified atom stereocenters. The van der Waals surface area contributed by atoms with Crippen molar-refractivity contribution in [3.8, 4) is 29.0 Å². The first-order valence-electron chi connectivity index (χ1n) is 8.92. The van der Waals surface area contributed by atoms with Gasteiger partial charge in [0.2, 0.25) is 0 Å². The van der Waals surface area contributed by atoms with Crippen LogP contribution in [0.15, 0.2) is 42.5 Å². The first kappa shape index (κ1) is 16.4. The lowest BCUT2D eigenvalue weighted by Gasteiger charge is -2.49. The van der Waals surface area contributed by atoms with Crippen LogP contribution in [0.3, 0.4) is 0 Å². The minimum Gasteiger partial charge on any atom is -0.486 e. The van der Waals surface area contributed by atoms with Crippen LogP contribution < -0.4 is 4.74 Å². The topological polar surface area (TPSA) is 73.9 Å². The largest absolute Gasteiger partial charge is 0.486 e. The van der Waals surface area contributed by atoms with Gasteiger partial charge in [-0.15, -0.1) is 0 Å². The third kappa shape index (κ3) is 2.55. The number of benzene rings is 2. The van der Waals surface area contributed by atoms with Gasteiger partial charge in [-0.2, -0.15) is 10.5 Å². The highest BCUT2D eigenvalue weighted by atomic mass is 16.5. The van der Waals surface area contributed by atoms with Crippen LogP contribution in [0.5, 0.6) is 5.75 Å². The lowest BCUT2D eigenvalue weighted by Crippen LogP contribution is -2.55. The standard InChI is InChI=1S/C22H18N2O2/c23-12-1-3-19-21(25)18-9-8-17(16-6-4-15(14-24)5-7-16)13-20(18)26-22(19)10-2-11-22/h4-9,13,19H,1-3,10-11H2. The molecule has 2 aromatic rings. The molecule has 1 heterocycles. The van der Waals surface area contributed by atoms with Gasteiger partial charge < -0.3 is 4.74 Å². The van der Waals surface area contributed by atoms with Crippen molar-refractivity contribution in [1.29, 1.82) is 10.5 Å². The maximum absolute atomic E-state index is 13.0. The Morgan fingerprint density at radius 1 is 1.08 bits per heavy atom. The molecular weight excluding hydrogens is 324 g/mol. The minimum atomic E-state index is -0.426. The molecule has 1 atom stereocenters. The summed E-state index contributed by atoms with van der Waals surface area (Å²) in [7, 11) is 0. The molecule has 1 saturated carbocycles. The highest BCUT2D eigenvalue weighted by molar-refractivity contribution is 6.02. The Morgan fingerprint density at radius 2 is 1.81 bits per heavy atom. The van der Waals surface area contributed by atoms with Gasteiger partial charge in [-0.05, 0) is 61.1 Å². The van der Waals surface area contributed by atoms with Gasteiger partial charge in [-0.25, -0.2) is 0 Å². The number of Topliss-reactive ketones (excluding diaryl/α,β-unsaturated/α-hetero) is 1. The number of carbonyl (C=O) groups excluding carboxylic acids is 1.